The van der Waals surface area contributed by atoms with Crippen molar-refractivity contribution in [3.8, 4) is 0 Å². The summed E-state index contributed by atoms with van der Waals surface area (Å²) in [5.41, 5.74) is 5.37. The van der Waals surface area contributed by atoms with E-state index in [9.17, 15) is 4.79 Å². The Morgan fingerprint density at radius 3 is 2.81 bits per heavy atom. The van der Waals surface area contributed by atoms with Crippen molar-refractivity contribution in [3.63, 3.8) is 0 Å². The molecule has 4 atom stereocenters. The minimum Gasteiger partial charge on any atom is -0.377 e. The largest absolute Gasteiger partial charge is 0.377 e. The summed E-state index contributed by atoms with van der Waals surface area (Å²) in [6, 6.07) is 0.536. The average Bonchev–Trinajstić information content (AvgIpc) is 3.02. The highest BCUT2D eigenvalue weighted by atomic mass is 32.2. The molecule has 2 aliphatic carbocycles. The van der Waals surface area contributed by atoms with Gasteiger partial charge in [0.15, 0.2) is 0 Å². The molecule has 4 unspecified atom stereocenters. The van der Waals surface area contributed by atoms with E-state index < -0.39 is 5.54 Å². The predicted octanol–water partition coefficient (Wildman–Crippen LogP) is 2.06. The fraction of sp³-hybridized carbons (Fsp3) is 0.938. The molecular formula is C16H28N2O2S. The Balaban J connectivity index is 1.53. The SMILES string of the molecule is CC1OCCC1SCCC1CCCC1(NC1CC1)C(N)=O. The van der Waals surface area contributed by atoms with E-state index in [4.69, 9.17) is 10.5 Å². The number of hydrogen-bond acceptors (Lipinski definition) is 4. The van der Waals surface area contributed by atoms with Gasteiger partial charge in [0.1, 0.15) is 5.54 Å². The van der Waals surface area contributed by atoms with Crippen molar-refractivity contribution in [1.82, 2.24) is 5.32 Å². The number of ether oxygens (including phenoxy) is 1. The lowest BCUT2D eigenvalue weighted by atomic mass is 9.84. The highest BCUT2D eigenvalue weighted by Crippen LogP contribution is 2.41. The molecule has 0 radical (unpaired) electrons. The van der Waals surface area contributed by atoms with Crippen LogP contribution in [-0.4, -0.2) is 41.2 Å². The number of rotatable bonds is 7. The van der Waals surface area contributed by atoms with Crippen LogP contribution in [0, 0.1) is 5.92 Å². The third-order valence-electron chi connectivity index (χ3n) is 5.40. The second-order valence-corrected chi connectivity index (χ2v) is 8.25. The van der Waals surface area contributed by atoms with E-state index >= 15 is 0 Å². The monoisotopic (exact) mass is 312 g/mol. The Kier molecular flexibility index (Phi) is 4.81. The maximum absolute atomic E-state index is 12.1. The lowest BCUT2D eigenvalue weighted by molar-refractivity contribution is -0.126. The third kappa shape index (κ3) is 3.40. The summed E-state index contributed by atoms with van der Waals surface area (Å²) in [7, 11) is 0. The fourth-order valence-electron chi connectivity index (χ4n) is 3.94. The summed E-state index contributed by atoms with van der Waals surface area (Å²) in [4.78, 5) is 12.1. The molecule has 120 valence electrons. The molecule has 1 aliphatic heterocycles. The van der Waals surface area contributed by atoms with Gasteiger partial charge in [-0.3, -0.25) is 4.79 Å². The second kappa shape index (κ2) is 6.47. The van der Waals surface area contributed by atoms with Gasteiger partial charge < -0.3 is 15.8 Å². The van der Waals surface area contributed by atoms with Crippen LogP contribution in [0.4, 0.5) is 0 Å². The smallest absolute Gasteiger partial charge is 0.238 e. The van der Waals surface area contributed by atoms with Crippen LogP contribution >= 0.6 is 11.8 Å². The van der Waals surface area contributed by atoms with Gasteiger partial charge in [0.2, 0.25) is 5.91 Å². The Labute approximate surface area is 131 Å². The van der Waals surface area contributed by atoms with Gasteiger partial charge in [0.25, 0.3) is 0 Å². The van der Waals surface area contributed by atoms with Crippen LogP contribution in [0.2, 0.25) is 0 Å². The molecule has 1 heterocycles. The van der Waals surface area contributed by atoms with E-state index in [0.29, 0.717) is 23.3 Å². The third-order valence-corrected chi connectivity index (χ3v) is 6.92. The van der Waals surface area contributed by atoms with Gasteiger partial charge in [-0.1, -0.05) is 6.42 Å². The van der Waals surface area contributed by atoms with Gasteiger partial charge in [0, 0.05) is 17.9 Å². The van der Waals surface area contributed by atoms with Crippen molar-refractivity contribution in [2.45, 2.75) is 74.8 Å². The first-order valence-electron chi connectivity index (χ1n) is 8.42. The molecule has 1 amide bonds. The number of nitrogens with two attached hydrogens (primary N) is 1. The molecule has 0 aromatic rings. The number of carbonyl (C=O) groups excluding carboxylic acids is 1. The summed E-state index contributed by atoms with van der Waals surface area (Å²) in [6.45, 7) is 3.07. The number of carbonyl (C=O) groups is 1. The summed E-state index contributed by atoms with van der Waals surface area (Å²) >= 11 is 2.02. The van der Waals surface area contributed by atoms with Crippen molar-refractivity contribution < 1.29 is 9.53 Å². The van der Waals surface area contributed by atoms with Crippen LogP contribution in [0.25, 0.3) is 0 Å². The first kappa shape index (κ1) is 15.6. The molecule has 0 bridgehead atoms. The maximum Gasteiger partial charge on any atom is 0.238 e. The zero-order valence-electron chi connectivity index (χ0n) is 13.0. The molecule has 3 aliphatic rings. The van der Waals surface area contributed by atoms with Gasteiger partial charge >= 0.3 is 0 Å². The van der Waals surface area contributed by atoms with Crippen LogP contribution < -0.4 is 11.1 Å². The number of nitrogens with one attached hydrogen (secondary N) is 1. The minimum absolute atomic E-state index is 0.125. The first-order chi connectivity index (χ1) is 10.1. The van der Waals surface area contributed by atoms with E-state index in [2.05, 4.69) is 12.2 Å². The number of thioether (sulfide) groups is 1. The van der Waals surface area contributed by atoms with Crippen LogP contribution in [0.15, 0.2) is 0 Å². The molecule has 0 spiro atoms. The Morgan fingerprint density at radius 1 is 1.38 bits per heavy atom. The normalized spacial score (nSPS) is 39.8. The van der Waals surface area contributed by atoms with Crippen molar-refractivity contribution in [2.75, 3.05) is 12.4 Å². The highest BCUT2D eigenvalue weighted by Gasteiger charge is 2.49. The van der Waals surface area contributed by atoms with E-state index in [1.54, 1.807) is 0 Å². The molecule has 3 fully saturated rings. The molecule has 0 aromatic carbocycles. The Morgan fingerprint density at radius 2 is 2.19 bits per heavy atom. The lowest BCUT2D eigenvalue weighted by Crippen LogP contribution is -2.58. The first-order valence-corrected chi connectivity index (χ1v) is 9.47. The average molecular weight is 312 g/mol. The molecule has 1 saturated heterocycles. The molecule has 4 nitrogen and oxygen atoms in total. The number of amides is 1. The Bertz CT molecular complexity index is 388. The Hall–Kier alpha value is -0.260. The van der Waals surface area contributed by atoms with Crippen LogP contribution in [-0.2, 0) is 9.53 Å². The molecule has 3 N–H and O–H groups in total. The lowest BCUT2D eigenvalue weighted by Gasteiger charge is -2.34. The second-order valence-electron chi connectivity index (χ2n) is 6.91. The van der Waals surface area contributed by atoms with Gasteiger partial charge in [-0.15, -0.1) is 0 Å². The van der Waals surface area contributed by atoms with E-state index in [1.807, 2.05) is 11.8 Å². The van der Waals surface area contributed by atoms with Crippen molar-refractivity contribution in [3.05, 3.63) is 0 Å². The molecule has 0 aromatic heterocycles. The quantitative estimate of drug-likeness (QED) is 0.755. The topological polar surface area (TPSA) is 64.3 Å². The molecule has 2 saturated carbocycles. The van der Waals surface area contributed by atoms with E-state index in [0.717, 1.165) is 44.5 Å². The van der Waals surface area contributed by atoms with Crippen molar-refractivity contribution in [1.29, 1.82) is 0 Å². The van der Waals surface area contributed by atoms with E-state index in [-0.39, 0.29) is 5.91 Å². The summed E-state index contributed by atoms with van der Waals surface area (Å²) < 4.78 is 5.62. The molecule has 3 rings (SSSR count). The van der Waals surface area contributed by atoms with Gasteiger partial charge in [0.05, 0.1) is 6.10 Å². The van der Waals surface area contributed by atoms with Gasteiger partial charge in [-0.05, 0) is 57.1 Å². The predicted molar refractivity (Wildman–Crippen MR) is 86.3 cm³/mol. The molecule has 5 heteroatoms. The summed E-state index contributed by atoms with van der Waals surface area (Å²) in [5.74, 6) is 1.41. The molecule has 21 heavy (non-hydrogen) atoms. The standard InChI is InChI=1S/C16H28N2O2S/c1-11-14(6-9-20-11)21-10-7-12-3-2-8-16(12,15(17)19)18-13-4-5-13/h11-14,18H,2-10H2,1H3,(H2,17,19). The zero-order chi connectivity index (χ0) is 14.9. The maximum atomic E-state index is 12.1. The van der Waals surface area contributed by atoms with Crippen LogP contribution in [0.5, 0.6) is 0 Å². The number of primary amides is 1. The number of hydrogen-bond donors (Lipinski definition) is 2. The van der Waals surface area contributed by atoms with Crippen LogP contribution in [0.1, 0.15) is 51.9 Å². The van der Waals surface area contributed by atoms with Crippen molar-refractivity contribution >= 4 is 17.7 Å². The van der Waals surface area contributed by atoms with E-state index in [1.165, 1.54) is 12.8 Å². The minimum atomic E-state index is -0.417. The summed E-state index contributed by atoms with van der Waals surface area (Å²) in [5, 5.41) is 4.22. The highest BCUT2D eigenvalue weighted by molar-refractivity contribution is 7.99. The van der Waals surface area contributed by atoms with Crippen LogP contribution in [0.3, 0.4) is 0 Å². The fourth-order valence-corrected chi connectivity index (χ4v) is 5.27. The van der Waals surface area contributed by atoms with Gasteiger partial charge in [-0.25, -0.2) is 0 Å². The summed E-state index contributed by atoms with van der Waals surface area (Å²) in [6.07, 6.45) is 8.23. The van der Waals surface area contributed by atoms with Gasteiger partial charge in [-0.2, -0.15) is 11.8 Å². The zero-order valence-corrected chi connectivity index (χ0v) is 13.8. The van der Waals surface area contributed by atoms with Crippen molar-refractivity contribution in [2.24, 2.45) is 11.7 Å². The molecular weight excluding hydrogens is 284 g/mol.